The summed E-state index contributed by atoms with van der Waals surface area (Å²) in [6, 6.07) is 0.496. The van der Waals surface area contributed by atoms with Crippen molar-refractivity contribution in [1.29, 1.82) is 0 Å². The van der Waals surface area contributed by atoms with Gasteiger partial charge in [0.2, 0.25) is 0 Å². The molecular weight excluding hydrogens is 408 g/mol. The second kappa shape index (κ2) is 10.8. The molecule has 1 aromatic rings. The van der Waals surface area contributed by atoms with E-state index in [4.69, 9.17) is 4.98 Å². The summed E-state index contributed by atoms with van der Waals surface area (Å²) in [6.45, 7) is 5.36. The van der Waals surface area contributed by atoms with Crippen LogP contribution in [0.4, 0.5) is 4.79 Å². The predicted octanol–water partition coefficient (Wildman–Crippen LogP) is 5.02. The van der Waals surface area contributed by atoms with Gasteiger partial charge in [-0.2, -0.15) is 0 Å². The Morgan fingerprint density at radius 2 is 1.84 bits per heavy atom. The summed E-state index contributed by atoms with van der Waals surface area (Å²) in [5.41, 5.74) is 0.641. The van der Waals surface area contributed by atoms with Crippen molar-refractivity contribution in [3.8, 4) is 0 Å². The normalized spacial score (nSPS) is 24.7. The second-order valence-electron chi connectivity index (χ2n) is 9.52. The largest absolute Gasteiger partial charge is 0.338 e. The first kappa shape index (κ1) is 22.6. The standard InChI is InChI=1S/C24H38N4O2S/c1-2-3-6-13-25-24(30)27-15-11-19(12-16-27)22-26-20(17-31-22)23(29)28-14-7-9-18-8-4-5-10-21(18)28/h17-19,21H,2-16H2,1H3,(H,25,30). The molecule has 3 fully saturated rings. The van der Waals surface area contributed by atoms with E-state index in [0.29, 0.717) is 23.6 Å². The number of carbonyl (C=O) groups excluding carboxylic acids is 2. The molecule has 2 aliphatic heterocycles. The van der Waals surface area contributed by atoms with Crippen LogP contribution >= 0.6 is 11.3 Å². The first-order valence-electron chi connectivity index (χ1n) is 12.5. The molecule has 2 saturated heterocycles. The molecule has 2 atom stereocenters. The summed E-state index contributed by atoms with van der Waals surface area (Å²) < 4.78 is 0. The van der Waals surface area contributed by atoms with Crippen LogP contribution in [0.2, 0.25) is 0 Å². The molecule has 1 N–H and O–H groups in total. The molecule has 1 aliphatic carbocycles. The summed E-state index contributed by atoms with van der Waals surface area (Å²) in [5.74, 6) is 1.20. The van der Waals surface area contributed by atoms with Gasteiger partial charge in [-0.15, -0.1) is 11.3 Å². The molecule has 3 amide bonds. The van der Waals surface area contributed by atoms with Crippen LogP contribution in [-0.2, 0) is 0 Å². The minimum Gasteiger partial charge on any atom is -0.338 e. The topological polar surface area (TPSA) is 65.5 Å². The van der Waals surface area contributed by atoms with Crippen molar-refractivity contribution in [3.05, 3.63) is 16.1 Å². The number of likely N-dealkylation sites (tertiary alicyclic amines) is 2. The number of thiazole rings is 1. The van der Waals surface area contributed by atoms with E-state index < -0.39 is 0 Å². The number of nitrogens with one attached hydrogen (secondary N) is 1. The van der Waals surface area contributed by atoms with Crippen molar-refractivity contribution in [2.75, 3.05) is 26.2 Å². The Hall–Kier alpha value is -1.63. The molecular formula is C24H38N4O2S. The number of carbonyl (C=O) groups is 2. The highest BCUT2D eigenvalue weighted by Gasteiger charge is 2.37. The van der Waals surface area contributed by atoms with Crippen LogP contribution in [0.5, 0.6) is 0 Å². The van der Waals surface area contributed by atoms with E-state index in [0.717, 1.165) is 69.7 Å². The van der Waals surface area contributed by atoms with E-state index in [1.54, 1.807) is 11.3 Å². The molecule has 1 saturated carbocycles. The number of nitrogens with zero attached hydrogens (tertiary/aromatic N) is 3. The number of amides is 3. The highest BCUT2D eigenvalue weighted by atomic mass is 32.1. The van der Waals surface area contributed by atoms with E-state index in [9.17, 15) is 9.59 Å². The monoisotopic (exact) mass is 446 g/mol. The lowest BCUT2D eigenvalue weighted by Gasteiger charge is -2.43. The third-order valence-electron chi connectivity index (χ3n) is 7.43. The lowest BCUT2D eigenvalue weighted by molar-refractivity contribution is 0.0386. The summed E-state index contributed by atoms with van der Waals surface area (Å²) >= 11 is 1.63. The van der Waals surface area contributed by atoms with E-state index in [2.05, 4.69) is 17.1 Å². The van der Waals surface area contributed by atoms with Crippen LogP contribution in [0.25, 0.3) is 0 Å². The molecule has 2 unspecified atom stereocenters. The molecule has 0 radical (unpaired) electrons. The number of rotatable bonds is 6. The molecule has 3 heterocycles. The van der Waals surface area contributed by atoms with Gasteiger partial charge in [-0.3, -0.25) is 4.79 Å². The molecule has 3 aliphatic rings. The van der Waals surface area contributed by atoms with Crippen molar-refractivity contribution in [3.63, 3.8) is 0 Å². The van der Waals surface area contributed by atoms with Crippen molar-refractivity contribution in [2.45, 2.75) is 89.5 Å². The van der Waals surface area contributed by atoms with Gasteiger partial charge >= 0.3 is 6.03 Å². The summed E-state index contributed by atoms with van der Waals surface area (Å²) in [5, 5.41) is 6.09. The first-order valence-corrected chi connectivity index (χ1v) is 13.3. The fraction of sp³-hybridized carbons (Fsp3) is 0.792. The molecule has 7 heteroatoms. The number of hydrogen-bond acceptors (Lipinski definition) is 4. The van der Waals surface area contributed by atoms with E-state index in [1.165, 1.54) is 32.1 Å². The Morgan fingerprint density at radius 3 is 2.65 bits per heavy atom. The molecule has 0 spiro atoms. The molecule has 0 bridgehead atoms. The minimum absolute atomic E-state index is 0.0664. The van der Waals surface area contributed by atoms with Gasteiger partial charge < -0.3 is 15.1 Å². The molecule has 6 nitrogen and oxygen atoms in total. The Labute approximate surface area is 190 Å². The number of urea groups is 1. The van der Waals surface area contributed by atoms with Crippen LogP contribution in [0.1, 0.15) is 99.0 Å². The molecule has 172 valence electrons. The maximum atomic E-state index is 13.2. The van der Waals surface area contributed by atoms with E-state index in [-0.39, 0.29) is 11.9 Å². The zero-order chi connectivity index (χ0) is 21.6. The first-order chi connectivity index (χ1) is 15.2. The predicted molar refractivity (Wildman–Crippen MR) is 125 cm³/mol. The van der Waals surface area contributed by atoms with Crippen LogP contribution in [0.15, 0.2) is 5.38 Å². The maximum absolute atomic E-state index is 13.2. The third kappa shape index (κ3) is 5.41. The van der Waals surface area contributed by atoms with Crippen molar-refractivity contribution < 1.29 is 9.59 Å². The maximum Gasteiger partial charge on any atom is 0.317 e. The minimum atomic E-state index is 0.0664. The molecule has 1 aromatic heterocycles. The van der Waals surface area contributed by atoms with Gasteiger partial charge in [-0.25, -0.2) is 9.78 Å². The quantitative estimate of drug-likeness (QED) is 0.624. The van der Waals surface area contributed by atoms with Crippen molar-refractivity contribution in [2.24, 2.45) is 5.92 Å². The smallest absolute Gasteiger partial charge is 0.317 e. The number of piperidine rings is 2. The molecule has 31 heavy (non-hydrogen) atoms. The van der Waals surface area contributed by atoms with Crippen molar-refractivity contribution >= 4 is 23.3 Å². The van der Waals surface area contributed by atoms with Gasteiger partial charge in [0, 0.05) is 43.5 Å². The van der Waals surface area contributed by atoms with Crippen LogP contribution in [0, 0.1) is 5.92 Å². The zero-order valence-corrected chi connectivity index (χ0v) is 19.8. The lowest BCUT2D eigenvalue weighted by atomic mass is 9.78. The zero-order valence-electron chi connectivity index (χ0n) is 19.0. The third-order valence-corrected chi connectivity index (χ3v) is 8.44. The average molecular weight is 447 g/mol. The number of fused-ring (bicyclic) bond motifs is 1. The molecule has 4 rings (SSSR count). The highest BCUT2D eigenvalue weighted by Crippen LogP contribution is 2.36. The fourth-order valence-corrected chi connectivity index (χ4v) is 6.57. The second-order valence-corrected chi connectivity index (χ2v) is 10.4. The van der Waals surface area contributed by atoms with E-state index in [1.807, 2.05) is 10.3 Å². The average Bonchev–Trinajstić information content (AvgIpc) is 3.31. The number of hydrogen-bond donors (Lipinski definition) is 1. The van der Waals surface area contributed by atoms with Crippen LogP contribution in [-0.4, -0.2) is 58.9 Å². The summed E-state index contributed by atoms with van der Waals surface area (Å²) in [7, 11) is 0. The summed E-state index contributed by atoms with van der Waals surface area (Å²) in [4.78, 5) is 34.4. The Morgan fingerprint density at radius 1 is 1.06 bits per heavy atom. The Bertz CT molecular complexity index is 742. The molecule has 0 aromatic carbocycles. The van der Waals surface area contributed by atoms with Gasteiger partial charge in [0.25, 0.3) is 5.91 Å². The van der Waals surface area contributed by atoms with Crippen LogP contribution in [0.3, 0.4) is 0 Å². The Balaban J connectivity index is 1.29. The van der Waals surface area contributed by atoms with Crippen LogP contribution < -0.4 is 5.32 Å². The highest BCUT2D eigenvalue weighted by molar-refractivity contribution is 7.09. The Kier molecular flexibility index (Phi) is 7.86. The van der Waals surface area contributed by atoms with Crippen molar-refractivity contribution in [1.82, 2.24) is 20.1 Å². The summed E-state index contributed by atoms with van der Waals surface area (Å²) in [6.07, 6.45) is 12.6. The lowest BCUT2D eigenvalue weighted by Crippen LogP contribution is -2.49. The van der Waals surface area contributed by atoms with Gasteiger partial charge in [0.1, 0.15) is 5.69 Å². The number of unbranched alkanes of at least 4 members (excludes halogenated alkanes) is 2. The van der Waals surface area contributed by atoms with Gasteiger partial charge in [0.05, 0.1) is 5.01 Å². The van der Waals surface area contributed by atoms with Gasteiger partial charge in [0.15, 0.2) is 0 Å². The SMILES string of the molecule is CCCCCNC(=O)N1CCC(c2nc(C(=O)N3CCCC4CCCCC43)cs2)CC1. The number of aromatic nitrogens is 1. The van der Waals surface area contributed by atoms with Gasteiger partial charge in [-0.1, -0.05) is 32.6 Å². The van der Waals surface area contributed by atoms with E-state index >= 15 is 0 Å². The van der Waals surface area contributed by atoms with Gasteiger partial charge in [-0.05, 0) is 50.9 Å². The fourth-order valence-electron chi connectivity index (χ4n) is 5.61.